The molecule has 2 nitrogen and oxygen atoms in total. The lowest BCUT2D eigenvalue weighted by atomic mass is 10.2. The molecule has 0 unspecified atom stereocenters. The van der Waals surface area contributed by atoms with Crippen LogP contribution < -0.4 is 0 Å². The van der Waals surface area contributed by atoms with Gasteiger partial charge in [-0.1, -0.05) is 42.5 Å². The van der Waals surface area contributed by atoms with Gasteiger partial charge in [-0.25, -0.2) is 4.79 Å². The van der Waals surface area contributed by atoms with Gasteiger partial charge in [-0.15, -0.1) is 0 Å². The predicted molar refractivity (Wildman–Crippen MR) is 49.0 cm³/mol. The zero-order valence-electron chi connectivity index (χ0n) is 7.03. The lowest BCUT2D eigenvalue weighted by molar-refractivity contribution is -0.131. The highest BCUT2D eigenvalue weighted by Gasteiger charge is 1.73. The van der Waals surface area contributed by atoms with Crippen LogP contribution in [-0.4, -0.2) is 11.1 Å². The predicted octanol–water partition coefficient (Wildman–Crippen LogP) is 2.25. The van der Waals surface area contributed by atoms with E-state index >= 15 is 0 Å². The summed E-state index contributed by atoms with van der Waals surface area (Å²) in [6, 6.07) is 10.3. The third kappa shape index (κ3) is 6.55. The Morgan fingerprint density at radius 2 is 1.83 bits per heavy atom. The molecule has 0 amide bonds. The van der Waals surface area contributed by atoms with Crippen molar-refractivity contribution in [2.45, 2.75) is 6.92 Å². The SMILES string of the molecule is C=CC(=O)O.Cc1ccccc1. The molecule has 0 radical (unpaired) electrons. The van der Waals surface area contributed by atoms with Gasteiger partial charge >= 0.3 is 5.97 Å². The van der Waals surface area contributed by atoms with E-state index in [1.807, 2.05) is 18.2 Å². The molecule has 64 valence electrons. The molecular formula is C10H12O2. The van der Waals surface area contributed by atoms with E-state index in [0.29, 0.717) is 0 Å². The van der Waals surface area contributed by atoms with Crippen LogP contribution in [0.2, 0.25) is 0 Å². The Kier molecular flexibility index (Phi) is 5.35. The number of hydrogen-bond acceptors (Lipinski definition) is 1. The second-order valence-electron chi connectivity index (χ2n) is 2.20. The lowest BCUT2D eigenvalue weighted by Gasteiger charge is -1.82. The summed E-state index contributed by atoms with van der Waals surface area (Å²) in [7, 11) is 0. The Morgan fingerprint density at radius 1 is 1.42 bits per heavy atom. The van der Waals surface area contributed by atoms with Crippen molar-refractivity contribution in [3.8, 4) is 0 Å². The topological polar surface area (TPSA) is 37.3 Å². The van der Waals surface area contributed by atoms with E-state index < -0.39 is 5.97 Å². The first-order valence-electron chi connectivity index (χ1n) is 3.54. The summed E-state index contributed by atoms with van der Waals surface area (Å²) in [6.45, 7) is 5.04. The molecule has 0 heterocycles. The van der Waals surface area contributed by atoms with Crippen molar-refractivity contribution < 1.29 is 9.90 Å². The Bertz CT molecular complexity index is 239. The molecule has 0 aliphatic rings. The van der Waals surface area contributed by atoms with Crippen LogP contribution in [0.1, 0.15) is 5.56 Å². The third-order valence-corrected chi connectivity index (χ3v) is 1.12. The fourth-order valence-electron chi connectivity index (χ4n) is 0.534. The molecule has 1 N–H and O–H groups in total. The molecule has 0 aromatic heterocycles. The second kappa shape index (κ2) is 6.16. The van der Waals surface area contributed by atoms with Crippen LogP contribution in [0.3, 0.4) is 0 Å². The van der Waals surface area contributed by atoms with Crippen LogP contribution >= 0.6 is 0 Å². The molecule has 1 rings (SSSR count). The standard InChI is InChI=1S/C7H8.C3H4O2/c1-7-5-3-2-4-6-7;1-2-3(4)5/h2-6H,1H3;2H,1H2,(H,4,5). The molecular weight excluding hydrogens is 152 g/mol. The molecule has 1 aromatic carbocycles. The number of aliphatic carboxylic acids is 1. The number of benzene rings is 1. The second-order valence-corrected chi connectivity index (χ2v) is 2.20. The van der Waals surface area contributed by atoms with Gasteiger partial charge in [-0.2, -0.15) is 0 Å². The number of carbonyl (C=O) groups is 1. The van der Waals surface area contributed by atoms with Gasteiger partial charge in [0.2, 0.25) is 0 Å². The maximum absolute atomic E-state index is 9.25. The lowest BCUT2D eigenvalue weighted by Crippen LogP contribution is -1.82. The molecule has 0 atom stereocenters. The van der Waals surface area contributed by atoms with E-state index in [1.165, 1.54) is 5.56 Å². The van der Waals surface area contributed by atoms with Crippen molar-refractivity contribution in [1.29, 1.82) is 0 Å². The zero-order valence-corrected chi connectivity index (χ0v) is 7.03. The Balaban J connectivity index is 0.000000217. The number of hydrogen-bond donors (Lipinski definition) is 1. The highest BCUT2D eigenvalue weighted by molar-refractivity contribution is 5.78. The first-order valence-corrected chi connectivity index (χ1v) is 3.54. The molecule has 12 heavy (non-hydrogen) atoms. The molecule has 0 fully saturated rings. The summed E-state index contributed by atoms with van der Waals surface area (Å²) in [4.78, 5) is 9.25. The molecule has 0 bridgehead atoms. The van der Waals surface area contributed by atoms with Crippen molar-refractivity contribution in [3.05, 3.63) is 48.6 Å². The van der Waals surface area contributed by atoms with E-state index in [9.17, 15) is 4.79 Å². The van der Waals surface area contributed by atoms with Gasteiger partial charge in [0.05, 0.1) is 0 Å². The minimum Gasteiger partial charge on any atom is -0.478 e. The average molecular weight is 164 g/mol. The summed E-state index contributed by atoms with van der Waals surface area (Å²) in [5.74, 6) is -0.981. The highest BCUT2D eigenvalue weighted by atomic mass is 16.4. The normalized spacial score (nSPS) is 7.75. The molecule has 0 saturated carbocycles. The smallest absolute Gasteiger partial charge is 0.327 e. The Morgan fingerprint density at radius 3 is 2.00 bits per heavy atom. The molecule has 0 aliphatic carbocycles. The van der Waals surface area contributed by atoms with Crippen LogP contribution in [0.5, 0.6) is 0 Å². The van der Waals surface area contributed by atoms with Crippen molar-refractivity contribution in [2.24, 2.45) is 0 Å². The minimum atomic E-state index is -0.981. The van der Waals surface area contributed by atoms with Gasteiger partial charge in [-0.05, 0) is 6.92 Å². The van der Waals surface area contributed by atoms with Crippen molar-refractivity contribution >= 4 is 5.97 Å². The first kappa shape index (κ1) is 10.4. The maximum Gasteiger partial charge on any atom is 0.327 e. The van der Waals surface area contributed by atoms with Gasteiger partial charge < -0.3 is 5.11 Å². The minimum absolute atomic E-state index is 0.833. The summed E-state index contributed by atoms with van der Waals surface area (Å²) < 4.78 is 0. The fourth-order valence-corrected chi connectivity index (χ4v) is 0.534. The van der Waals surface area contributed by atoms with E-state index in [4.69, 9.17) is 5.11 Å². The van der Waals surface area contributed by atoms with Crippen LogP contribution in [0.25, 0.3) is 0 Å². The van der Waals surface area contributed by atoms with Gasteiger partial charge in [-0.3, -0.25) is 0 Å². The Hall–Kier alpha value is -1.57. The van der Waals surface area contributed by atoms with Gasteiger partial charge in [0.25, 0.3) is 0 Å². The molecule has 2 heteroatoms. The largest absolute Gasteiger partial charge is 0.478 e. The Labute approximate surface area is 72.2 Å². The van der Waals surface area contributed by atoms with Crippen LogP contribution in [0, 0.1) is 6.92 Å². The summed E-state index contributed by atoms with van der Waals surface area (Å²) in [6.07, 6.45) is 0.833. The van der Waals surface area contributed by atoms with E-state index in [-0.39, 0.29) is 0 Å². The summed E-state index contributed by atoms with van der Waals surface area (Å²) in [5, 5.41) is 7.60. The monoisotopic (exact) mass is 164 g/mol. The van der Waals surface area contributed by atoms with Crippen LogP contribution in [-0.2, 0) is 4.79 Å². The molecule has 1 aromatic rings. The summed E-state index contributed by atoms with van der Waals surface area (Å²) in [5.41, 5.74) is 1.32. The highest BCUT2D eigenvalue weighted by Crippen LogP contribution is 1.92. The molecule has 0 aliphatic heterocycles. The van der Waals surface area contributed by atoms with Gasteiger partial charge in [0.1, 0.15) is 0 Å². The number of carboxylic acids is 1. The first-order chi connectivity index (χ1) is 5.66. The van der Waals surface area contributed by atoms with Crippen molar-refractivity contribution in [3.63, 3.8) is 0 Å². The van der Waals surface area contributed by atoms with Crippen molar-refractivity contribution in [1.82, 2.24) is 0 Å². The van der Waals surface area contributed by atoms with Gasteiger partial charge in [0.15, 0.2) is 0 Å². The van der Waals surface area contributed by atoms with E-state index in [1.54, 1.807) is 0 Å². The number of carboxylic acid groups (broad SMARTS) is 1. The molecule has 0 spiro atoms. The number of rotatable bonds is 1. The van der Waals surface area contributed by atoms with Crippen LogP contribution in [0.4, 0.5) is 0 Å². The van der Waals surface area contributed by atoms with E-state index in [2.05, 4.69) is 25.6 Å². The maximum atomic E-state index is 9.25. The quantitative estimate of drug-likeness (QED) is 0.646. The summed E-state index contributed by atoms with van der Waals surface area (Å²) >= 11 is 0. The van der Waals surface area contributed by atoms with Gasteiger partial charge in [0, 0.05) is 6.08 Å². The molecule has 0 saturated heterocycles. The fraction of sp³-hybridized carbons (Fsp3) is 0.100. The van der Waals surface area contributed by atoms with E-state index in [0.717, 1.165) is 6.08 Å². The number of aryl methyl sites for hydroxylation is 1. The third-order valence-electron chi connectivity index (χ3n) is 1.12. The zero-order chi connectivity index (χ0) is 9.40. The average Bonchev–Trinajstić information content (AvgIpc) is 2.07. The van der Waals surface area contributed by atoms with Crippen molar-refractivity contribution in [2.75, 3.05) is 0 Å². The van der Waals surface area contributed by atoms with Crippen LogP contribution in [0.15, 0.2) is 43.0 Å².